The van der Waals surface area contributed by atoms with E-state index in [9.17, 15) is 4.79 Å². The molecule has 0 fully saturated rings. The number of aromatic nitrogens is 2. The Balaban J connectivity index is 1.32. The molecule has 0 saturated heterocycles. The zero-order valence-electron chi connectivity index (χ0n) is 27.8. The first-order valence-electron chi connectivity index (χ1n) is 16.2. The molecule has 0 saturated carbocycles. The zero-order chi connectivity index (χ0) is 33.6. The van der Waals surface area contributed by atoms with E-state index < -0.39 is 0 Å². The zero-order valence-corrected chi connectivity index (χ0v) is 28.7. The lowest BCUT2D eigenvalue weighted by molar-refractivity contribution is -0.120. The second-order valence-electron chi connectivity index (χ2n) is 11.1. The number of hydrogen-bond acceptors (Lipinski definition) is 12. The van der Waals surface area contributed by atoms with Crippen LogP contribution in [0.3, 0.4) is 0 Å². The van der Waals surface area contributed by atoms with Crippen LogP contribution < -0.4 is 25.4 Å². The third-order valence-corrected chi connectivity index (χ3v) is 8.85. The summed E-state index contributed by atoms with van der Waals surface area (Å²) in [6, 6.07) is 16.3. The molecular formula is C35H45N5O7S. The lowest BCUT2D eigenvalue weighted by Crippen LogP contribution is -2.35. The monoisotopic (exact) mass is 679 g/mol. The fraction of sp³-hybridized carbons (Fsp3) is 0.457. The summed E-state index contributed by atoms with van der Waals surface area (Å²) in [5.41, 5.74) is 3.01. The van der Waals surface area contributed by atoms with Gasteiger partial charge in [-0.2, -0.15) is 0 Å². The number of methoxy groups -OCH3 is 1. The molecule has 2 aromatic carbocycles. The second kappa shape index (κ2) is 18.6. The lowest BCUT2D eigenvalue weighted by atomic mass is 10.1. The van der Waals surface area contributed by atoms with Crippen molar-refractivity contribution in [3.8, 4) is 21.9 Å². The Bertz CT molecular complexity index is 1620. The van der Waals surface area contributed by atoms with Crippen molar-refractivity contribution < 1.29 is 33.2 Å². The highest BCUT2D eigenvalue weighted by Gasteiger charge is 2.17. The standard InChI is InChI=1S/C35H45N5O7S/c1-24-32-8-9-33(48-32)27-7-5-4-6-26(27)22-36-23-34(41)37-10-11-43-12-13-44-14-15-45-16-17-46-18-19-47-31-20-28-29(21-30(31)42-3)39-25(2)40-35(28)38-24/h4-9,20-21,24,36H,10-19,22-23H2,1-3H3,(H,37,41)(H,38,39,40). The van der Waals surface area contributed by atoms with Crippen molar-refractivity contribution in [2.75, 3.05) is 85.0 Å². The van der Waals surface area contributed by atoms with Crippen LogP contribution in [0.4, 0.5) is 5.82 Å². The summed E-state index contributed by atoms with van der Waals surface area (Å²) >= 11 is 1.72. The van der Waals surface area contributed by atoms with E-state index in [2.05, 4.69) is 52.1 Å². The smallest absolute Gasteiger partial charge is 0.234 e. The van der Waals surface area contributed by atoms with Crippen LogP contribution in [0.2, 0.25) is 0 Å². The Kier molecular flexibility index (Phi) is 13.8. The van der Waals surface area contributed by atoms with Crippen LogP contribution in [0, 0.1) is 6.92 Å². The molecule has 13 heteroatoms. The average molecular weight is 680 g/mol. The summed E-state index contributed by atoms with van der Waals surface area (Å²) in [5.74, 6) is 2.47. The van der Waals surface area contributed by atoms with Crippen LogP contribution in [0.25, 0.3) is 21.3 Å². The van der Waals surface area contributed by atoms with Gasteiger partial charge < -0.3 is 44.4 Å². The molecule has 3 N–H and O–H groups in total. The molecule has 0 radical (unpaired) electrons. The number of carbonyl (C=O) groups is 1. The summed E-state index contributed by atoms with van der Waals surface area (Å²) in [6.07, 6.45) is 0. The van der Waals surface area contributed by atoms with Crippen molar-refractivity contribution >= 4 is 34.0 Å². The van der Waals surface area contributed by atoms with E-state index in [4.69, 9.17) is 33.4 Å². The van der Waals surface area contributed by atoms with Gasteiger partial charge in [-0.05, 0) is 43.2 Å². The van der Waals surface area contributed by atoms with E-state index in [0.29, 0.717) is 89.9 Å². The molecule has 4 aromatic rings. The van der Waals surface area contributed by atoms with Gasteiger partial charge in [0.05, 0.1) is 78.1 Å². The molecule has 48 heavy (non-hydrogen) atoms. The summed E-state index contributed by atoms with van der Waals surface area (Å²) in [7, 11) is 1.61. The van der Waals surface area contributed by atoms with E-state index in [1.54, 1.807) is 18.4 Å². The van der Waals surface area contributed by atoms with Crippen LogP contribution in [-0.2, 0) is 30.3 Å². The maximum Gasteiger partial charge on any atom is 0.234 e. The number of amides is 1. The van der Waals surface area contributed by atoms with Crippen molar-refractivity contribution in [3.63, 3.8) is 0 Å². The van der Waals surface area contributed by atoms with E-state index in [0.717, 1.165) is 37.6 Å². The Labute approximate surface area is 285 Å². The quantitative estimate of drug-likeness (QED) is 0.262. The number of aryl methyl sites for hydroxylation is 1. The molecule has 1 amide bonds. The molecule has 12 nitrogen and oxygen atoms in total. The van der Waals surface area contributed by atoms with Crippen LogP contribution in [0.15, 0.2) is 48.5 Å². The summed E-state index contributed by atoms with van der Waals surface area (Å²) < 4.78 is 34.1. The first-order valence-corrected chi connectivity index (χ1v) is 17.1. The number of thiophene rings is 1. The largest absolute Gasteiger partial charge is 0.493 e. The number of ether oxygens (including phenoxy) is 6. The minimum Gasteiger partial charge on any atom is -0.493 e. The van der Waals surface area contributed by atoms with Crippen molar-refractivity contribution in [1.29, 1.82) is 0 Å². The lowest BCUT2D eigenvalue weighted by Gasteiger charge is -2.17. The van der Waals surface area contributed by atoms with E-state index >= 15 is 0 Å². The van der Waals surface area contributed by atoms with Crippen molar-refractivity contribution in [3.05, 3.63) is 64.8 Å². The molecule has 1 atom stereocenters. The first kappa shape index (κ1) is 35.5. The Morgan fingerprint density at radius 2 is 1.56 bits per heavy atom. The number of rotatable bonds is 1. The maximum absolute atomic E-state index is 12.4. The highest BCUT2D eigenvalue weighted by molar-refractivity contribution is 7.15. The summed E-state index contributed by atoms with van der Waals surface area (Å²) in [4.78, 5) is 24.1. The molecular weight excluding hydrogens is 634 g/mol. The molecule has 2 aromatic heterocycles. The van der Waals surface area contributed by atoms with E-state index in [-0.39, 0.29) is 18.5 Å². The van der Waals surface area contributed by atoms with Crippen LogP contribution in [-0.4, -0.2) is 95.5 Å². The van der Waals surface area contributed by atoms with Gasteiger partial charge in [0.2, 0.25) is 5.91 Å². The predicted octanol–water partition coefficient (Wildman–Crippen LogP) is 4.51. The molecule has 0 aliphatic carbocycles. The van der Waals surface area contributed by atoms with Crippen molar-refractivity contribution in [1.82, 2.24) is 20.6 Å². The second-order valence-corrected chi connectivity index (χ2v) is 12.2. The van der Waals surface area contributed by atoms with Crippen LogP contribution in [0.5, 0.6) is 11.5 Å². The summed E-state index contributed by atoms with van der Waals surface area (Å²) in [6.45, 7) is 9.10. The van der Waals surface area contributed by atoms with Gasteiger partial charge in [-0.1, -0.05) is 24.3 Å². The first-order chi connectivity index (χ1) is 23.5. The van der Waals surface area contributed by atoms with Gasteiger partial charge in [-0.3, -0.25) is 4.79 Å². The van der Waals surface area contributed by atoms with Crippen LogP contribution in [0.1, 0.15) is 29.2 Å². The highest BCUT2D eigenvalue weighted by Crippen LogP contribution is 2.37. The number of hydrogen-bond donors (Lipinski definition) is 3. The Morgan fingerprint density at radius 1 is 0.854 bits per heavy atom. The normalized spacial score (nSPS) is 18.5. The van der Waals surface area contributed by atoms with Gasteiger partial charge in [0, 0.05) is 34.3 Å². The average Bonchev–Trinajstić information content (AvgIpc) is 3.58. The fourth-order valence-corrected chi connectivity index (χ4v) is 6.24. The molecule has 258 valence electrons. The minimum absolute atomic E-state index is 0.0301. The Hall–Kier alpha value is -3.85. The number of nitrogens with zero attached hydrogens (tertiary/aromatic N) is 2. The van der Waals surface area contributed by atoms with Crippen molar-refractivity contribution in [2.24, 2.45) is 0 Å². The van der Waals surface area contributed by atoms with Crippen LogP contribution >= 0.6 is 11.3 Å². The van der Waals surface area contributed by atoms with Gasteiger partial charge in [-0.25, -0.2) is 9.97 Å². The van der Waals surface area contributed by atoms with E-state index in [1.165, 1.54) is 0 Å². The Morgan fingerprint density at radius 3 is 2.31 bits per heavy atom. The van der Waals surface area contributed by atoms with Crippen molar-refractivity contribution in [2.45, 2.75) is 26.4 Å². The molecule has 1 aliphatic heterocycles. The number of nitrogens with one attached hydrogen (secondary N) is 3. The topological polar surface area (TPSA) is 134 Å². The molecule has 5 rings (SSSR count). The molecule has 4 bridgehead atoms. The SMILES string of the molecule is COc1cc2nc(C)nc3c2cc1OCCOCCOCCOCCOCCNC(=O)CNCc1ccccc1-c1ccc(s1)C(C)N3. The van der Waals surface area contributed by atoms with Gasteiger partial charge in [0.1, 0.15) is 18.2 Å². The summed E-state index contributed by atoms with van der Waals surface area (Å²) in [5, 5.41) is 10.6. The number of carbonyl (C=O) groups excluding carboxylic acids is 1. The number of fused-ring (bicyclic) bond motifs is 5. The van der Waals surface area contributed by atoms with Gasteiger partial charge in [0.25, 0.3) is 0 Å². The van der Waals surface area contributed by atoms with Gasteiger partial charge in [0.15, 0.2) is 11.5 Å². The third-order valence-electron chi connectivity index (χ3n) is 7.55. The molecule has 0 spiro atoms. The number of benzene rings is 2. The predicted molar refractivity (Wildman–Crippen MR) is 186 cm³/mol. The minimum atomic E-state index is -0.0771. The van der Waals surface area contributed by atoms with Gasteiger partial charge in [-0.15, -0.1) is 11.3 Å². The molecule has 1 unspecified atom stereocenters. The van der Waals surface area contributed by atoms with E-state index in [1.807, 2.05) is 31.2 Å². The molecule has 1 aliphatic rings. The number of anilines is 1. The third kappa shape index (κ3) is 10.3. The maximum atomic E-state index is 12.4. The molecule has 3 heterocycles. The fourth-order valence-electron chi connectivity index (χ4n) is 5.16. The highest BCUT2D eigenvalue weighted by atomic mass is 32.1. The van der Waals surface area contributed by atoms with Gasteiger partial charge >= 0.3 is 0 Å².